The van der Waals surface area contributed by atoms with Crippen LogP contribution in [0, 0.1) is 12.7 Å². The van der Waals surface area contributed by atoms with Crippen LogP contribution >= 0.6 is 11.6 Å². The summed E-state index contributed by atoms with van der Waals surface area (Å²) in [6.45, 7) is 1.98. The van der Waals surface area contributed by atoms with Crippen LogP contribution in [0.3, 0.4) is 0 Å². The van der Waals surface area contributed by atoms with Crippen LogP contribution in [-0.4, -0.2) is 12.0 Å². The number of pyridine rings is 1. The summed E-state index contributed by atoms with van der Waals surface area (Å²) in [6.07, 6.45) is 3.57. The van der Waals surface area contributed by atoms with Crippen molar-refractivity contribution >= 4 is 11.6 Å². The average Bonchev–Trinajstić information content (AvgIpc) is 2.35. The first-order valence-electron chi connectivity index (χ1n) is 5.65. The van der Waals surface area contributed by atoms with Crippen molar-refractivity contribution in [3.05, 3.63) is 64.2 Å². The van der Waals surface area contributed by atoms with E-state index in [4.69, 9.17) is 11.6 Å². The molecule has 1 aromatic heterocycles. The fourth-order valence-corrected chi connectivity index (χ4v) is 2.07. The third-order valence-corrected chi connectivity index (χ3v) is 3.10. The van der Waals surface area contributed by atoms with Crippen LogP contribution in [0.1, 0.15) is 22.7 Å². The Morgan fingerprint density at radius 1 is 1.22 bits per heavy atom. The van der Waals surface area contributed by atoms with E-state index >= 15 is 0 Å². The molecule has 0 amide bonds. The summed E-state index contributed by atoms with van der Waals surface area (Å²) in [6, 6.07) is 6.77. The maximum Gasteiger partial charge on any atom is 0.142 e. The highest BCUT2D eigenvalue weighted by Crippen LogP contribution is 2.25. The number of aromatic nitrogens is 1. The number of nitrogens with zero attached hydrogens (tertiary/aromatic N) is 1. The largest absolute Gasteiger partial charge is 0.309 e. The van der Waals surface area contributed by atoms with Gasteiger partial charge in [0.05, 0.1) is 11.1 Å². The molecule has 1 N–H and O–H groups in total. The van der Waals surface area contributed by atoms with Crippen molar-refractivity contribution in [1.82, 2.24) is 10.3 Å². The first-order valence-corrected chi connectivity index (χ1v) is 6.03. The van der Waals surface area contributed by atoms with Crippen molar-refractivity contribution in [2.45, 2.75) is 13.0 Å². The van der Waals surface area contributed by atoms with E-state index in [2.05, 4.69) is 10.3 Å². The summed E-state index contributed by atoms with van der Waals surface area (Å²) in [7, 11) is 1.83. The minimum absolute atomic E-state index is 0.0934. The Morgan fingerprint density at radius 3 is 2.61 bits per heavy atom. The first-order chi connectivity index (χ1) is 8.61. The molecule has 0 aliphatic rings. The molecule has 1 aromatic carbocycles. The summed E-state index contributed by atoms with van der Waals surface area (Å²) >= 11 is 5.69. The van der Waals surface area contributed by atoms with Crippen LogP contribution in [0.5, 0.6) is 0 Å². The van der Waals surface area contributed by atoms with Crippen molar-refractivity contribution in [2.75, 3.05) is 7.05 Å². The predicted octanol–water partition coefficient (Wildman–Crippen LogP) is 3.49. The molecule has 0 aliphatic heterocycles. The van der Waals surface area contributed by atoms with Crippen molar-refractivity contribution in [3.63, 3.8) is 0 Å². The fraction of sp³-hybridized carbons (Fsp3) is 0.214. The summed E-state index contributed by atoms with van der Waals surface area (Å²) in [5, 5.41) is 3.29. The molecule has 18 heavy (non-hydrogen) atoms. The molecule has 0 fully saturated rings. The normalized spacial score (nSPS) is 12.4. The van der Waals surface area contributed by atoms with Gasteiger partial charge in [0.2, 0.25) is 0 Å². The number of halogens is 2. The molecule has 0 aliphatic carbocycles. The van der Waals surface area contributed by atoms with Gasteiger partial charge in [-0.2, -0.15) is 0 Å². The van der Waals surface area contributed by atoms with E-state index in [-0.39, 0.29) is 11.1 Å². The van der Waals surface area contributed by atoms with Gasteiger partial charge < -0.3 is 5.32 Å². The van der Waals surface area contributed by atoms with E-state index < -0.39 is 5.82 Å². The number of aryl methyl sites for hydroxylation is 1. The van der Waals surface area contributed by atoms with E-state index in [1.54, 1.807) is 18.5 Å². The number of hydrogen-bond donors (Lipinski definition) is 1. The zero-order valence-electron chi connectivity index (χ0n) is 10.2. The molecular weight excluding hydrogens is 251 g/mol. The Labute approximate surface area is 111 Å². The highest BCUT2D eigenvalue weighted by molar-refractivity contribution is 6.30. The quantitative estimate of drug-likeness (QED) is 0.918. The molecule has 1 atom stereocenters. The molecule has 0 saturated carbocycles. The zero-order chi connectivity index (χ0) is 13.1. The predicted molar refractivity (Wildman–Crippen MR) is 71.3 cm³/mol. The van der Waals surface area contributed by atoms with Gasteiger partial charge in [0.15, 0.2) is 0 Å². The van der Waals surface area contributed by atoms with Gasteiger partial charge in [0.1, 0.15) is 5.82 Å². The molecule has 4 heteroatoms. The van der Waals surface area contributed by atoms with Crippen molar-refractivity contribution in [1.29, 1.82) is 0 Å². The lowest BCUT2D eigenvalue weighted by Gasteiger charge is -2.17. The third kappa shape index (κ3) is 2.68. The zero-order valence-corrected chi connectivity index (χ0v) is 11.0. The highest BCUT2D eigenvalue weighted by Gasteiger charge is 2.14. The molecule has 0 saturated heterocycles. The average molecular weight is 265 g/mol. The lowest BCUT2D eigenvalue weighted by Crippen LogP contribution is -2.18. The standard InChI is InChI=1S/C14H14ClFN2/c1-9-5-11(8-18-7-9)14(17-2)10-3-4-12(15)13(16)6-10/h3-8,14,17H,1-2H3. The van der Waals surface area contributed by atoms with Crippen LogP contribution < -0.4 is 5.32 Å². The Hall–Kier alpha value is -1.45. The molecule has 1 heterocycles. The number of nitrogens with one attached hydrogen (secondary N) is 1. The second-order valence-electron chi connectivity index (χ2n) is 4.19. The van der Waals surface area contributed by atoms with Crippen molar-refractivity contribution in [2.24, 2.45) is 0 Å². The lowest BCUT2D eigenvalue weighted by molar-refractivity contribution is 0.617. The van der Waals surface area contributed by atoms with Crippen LogP contribution in [-0.2, 0) is 0 Å². The molecule has 1 unspecified atom stereocenters. The van der Waals surface area contributed by atoms with Gasteiger partial charge in [-0.15, -0.1) is 0 Å². The summed E-state index contributed by atoms with van der Waals surface area (Å²) in [5.74, 6) is -0.407. The van der Waals surface area contributed by atoms with Gasteiger partial charge in [0, 0.05) is 12.4 Å². The SMILES string of the molecule is CNC(c1cncc(C)c1)c1ccc(Cl)c(F)c1. The molecule has 2 rings (SSSR count). The third-order valence-electron chi connectivity index (χ3n) is 2.80. The molecule has 0 spiro atoms. The van der Waals surface area contributed by atoms with E-state index in [9.17, 15) is 4.39 Å². The molecular formula is C14H14ClFN2. The van der Waals surface area contributed by atoms with Crippen LogP contribution in [0.15, 0.2) is 36.7 Å². The maximum absolute atomic E-state index is 13.5. The second kappa shape index (κ2) is 5.46. The topological polar surface area (TPSA) is 24.9 Å². The van der Waals surface area contributed by atoms with Crippen LogP contribution in [0.25, 0.3) is 0 Å². The first kappa shape index (κ1) is 13.0. The Bertz CT molecular complexity index is 557. The smallest absolute Gasteiger partial charge is 0.142 e. The molecule has 0 bridgehead atoms. The monoisotopic (exact) mass is 264 g/mol. The number of rotatable bonds is 3. The molecule has 2 aromatic rings. The Kier molecular flexibility index (Phi) is 3.94. The fourth-order valence-electron chi connectivity index (χ4n) is 1.95. The minimum atomic E-state index is -0.407. The molecule has 94 valence electrons. The van der Waals surface area contributed by atoms with Crippen LogP contribution in [0.4, 0.5) is 4.39 Å². The minimum Gasteiger partial charge on any atom is -0.309 e. The van der Waals surface area contributed by atoms with Crippen molar-refractivity contribution in [3.8, 4) is 0 Å². The number of benzene rings is 1. The van der Waals surface area contributed by atoms with Gasteiger partial charge in [-0.25, -0.2) is 4.39 Å². The second-order valence-corrected chi connectivity index (χ2v) is 4.60. The van der Waals surface area contributed by atoms with Gasteiger partial charge >= 0.3 is 0 Å². The Balaban J connectivity index is 2.42. The molecule has 2 nitrogen and oxygen atoms in total. The van der Waals surface area contributed by atoms with Crippen molar-refractivity contribution < 1.29 is 4.39 Å². The lowest BCUT2D eigenvalue weighted by atomic mass is 9.99. The van der Waals surface area contributed by atoms with E-state index in [1.165, 1.54) is 6.07 Å². The van der Waals surface area contributed by atoms with Crippen LogP contribution in [0.2, 0.25) is 5.02 Å². The summed E-state index contributed by atoms with van der Waals surface area (Å²) in [4.78, 5) is 4.16. The van der Waals surface area contributed by atoms with Gasteiger partial charge in [-0.05, 0) is 42.8 Å². The van der Waals surface area contributed by atoms with Gasteiger partial charge in [0.25, 0.3) is 0 Å². The van der Waals surface area contributed by atoms with E-state index in [0.29, 0.717) is 0 Å². The maximum atomic E-state index is 13.5. The highest BCUT2D eigenvalue weighted by atomic mass is 35.5. The Morgan fingerprint density at radius 2 is 2.00 bits per heavy atom. The van der Waals surface area contributed by atoms with Gasteiger partial charge in [-0.3, -0.25) is 4.98 Å². The van der Waals surface area contributed by atoms with E-state index in [1.807, 2.05) is 26.1 Å². The molecule has 0 radical (unpaired) electrons. The number of hydrogen-bond acceptors (Lipinski definition) is 2. The van der Waals surface area contributed by atoms with E-state index in [0.717, 1.165) is 16.7 Å². The summed E-state index contributed by atoms with van der Waals surface area (Å²) in [5.41, 5.74) is 2.90. The van der Waals surface area contributed by atoms with Gasteiger partial charge in [-0.1, -0.05) is 23.7 Å². The summed E-state index contributed by atoms with van der Waals surface area (Å²) < 4.78 is 13.5.